The Morgan fingerprint density at radius 2 is 2.19 bits per heavy atom. The van der Waals surface area contributed by atoms with Crippen LogP contribution in [0.4, 0.5) is 17.1 Å². The molecule has 0 unspecified atom stereocenters. The molecule has 1 aliphatic heterocycles. The molecule has 2 rings (SSSR count). The van der Waals surface area contributed by atoms with Gasteiger partial charge in [0.1, 0.15) is 11.5 Å². The molecule has 1 aliphatic rings. The lowest BCUT2D eigenvalue weighted by atomic mass is 10.1. The molecule has 0 amide bonds. The predicted octanol–water partition coefficient (Wildman–Crippen LogP) is 1.54. The molecule has 3 N–H and O–H groups in total. The van der Waals surface area contributed by atoms with Gasteiger partial charge in [-0.3, -0.25) is 10.1 Å². The summed E-state index contributed by atoms with van der Waals surface area (Å²) in [5, 5.41) is 14.5. The number of piperazine rings is 1. The van der Waals surface area contributed by atoms with Crippen LogP contribution in [0.2, 0.25) is 0 Å². The monoisotopic (exact) mass is 311 g/mol. The van der Waals surface area contributed by atoms with Crippen molar-refractivity contribution in [2.24, 2.45) is 10.7 Å². The molecule has 114 valence electrons. The number of hydrogen-bond donors (Lipinski definition) is 2. The van der Waals surface area contributed by atoms with Crippen molar-refractivity contribution < 1.29 is 4.92 Å². The van der Waals surface area contributed by atoms with Gasteiger partial charge >= 0.3 is 0 Å². The Hall–Kier alpha value is -1.86. The lowest BCUT2D eigenvalue weighted by Crippen LogP contribution is -2.43. The zero-order valence-corrected chi connectivity index (χ0v) is 12.6. The van der Waals surface area contributed by atoms with Crippen molar-refractivity contribution in [1.29, 1.82) is 0 Å². The lowest BCUT2D eigenvalue weighted by Gasteiger charge is -2.29. The van der Waals surface area contributed by atoms with Gasteiger partial charge in [0.15, 0.2) is 0 Å². The molecule has 1 aromatic rings. The Bertz CT molecular complexity index is 570. The SMILES string of the molecule is Cc1cc([N+](=O)[O-])c(N2CCNCC2)cc1N=C(N)CCl. The van der Waals surface area contributed by atoms with Crippen LogP contribution in [0.1, 0.15) is 5.56 Å². The Labute approximate surface area is 127 Å². The molecule has 1 heterocycles. The van der Waals surface area contributed by atoms with Gasteiger partial charge in [0.05, 0.1) is 16.5 Å². The maximum atomic E-state index is 11.3. The normalized spacial score (nSPS) is 16.1. The summed E-state index contributed by atoms with van der Waals surface area (Å²) < 4.78 is 0. The van der Waals surface area contributed by atoms with E-state index < -0.39 is 0 Å². The van der Waals surface area contributed by atoms with Crippen LogP contribution in [-0.4, -0.2) is 42.8 Å². The molecule has 1 saturated heterocycles. The zero-order chi connectivity index (χ0) is 15.4. The predicted molar refractivity (Wildman–Crippen MR) is 84.9 cm³/mol. The second-order valence-electron chi connectivity index (χ2n) is 4.86. The van der Waals surface area contributed by atoms with E-state index >= 15 is 0 Å². The molecule has 0 radical (unpaired) electrons. The van der Waals surface area contributed by atoms with Crippen LogP contribution in [0, 0.1) is 17.0 Å². The van der Waals surface area contributed by atoms with Gasteiger partial charge in [-0.15, -0.1) is 11.6 Å². The smallest absolute Gasteiger partial charge is 0.292 e. The van der Waals surface area contributed by atoms with Crippen LogP contribution in [0.5, 0.6) is 0 Å². The van der Waals surface area contributed by atoms with Crippen LogP contribution in [0.25, 0.3) is 0 Å². The fourth-order valence-electron chi connectivity index (χ4n) is 2.28. The topological polar surface area (TPSA) is 96.8 Å². The Morgan fingerprint density at radius 1 is 1.52 bits per heavy atom. The number of nitro benzene ring substituents is 1. The molecule has 21 heavy (non-hydrogen) atoms. The number of aryl methyl sites for hydroxylation is 1. The van der Waals surface area contributed by atoms with Crippen LogP contribution >= 0.6 is 11.6 Å². The van der Waals surface area contributed by atoms with Gasteiger partial charge in [0, 0.05) is 32.2 Å². The first-order chi connectivity index (χ1) is 10.0. The average molecular weight is 312 g/mol. The number of benzene rings is 1. The van der Waals surface area contributed by atoms with Crippen molar-refractivity contribution in [2.45, 2.75) is 6.92 Å². The van der Waals surface area contributed by atoms with E-state index in [1.807, 2.05) is 4.90 Å². The minimum atomic E-state index is -0.358. The van der Waals surface area contributed by atoms with Gasteiger partial charge in [0.2, 0.25) is 0 Å². The minimum Gasteiger partial charge on any atom is -0.386 e. The van der Waals surface area contributed by atoms with Crippen LogP contribution < -0.4 is 16.0 Å². The number of rotatable bonds is 4. The van der Waals surface area contributed by atoms with Gasteiger partial charge in [-0.25, -0.2) is 4.99 Å². The van der Waals surface area contributed by atoms with E-state index in [0.29, 0.717) is 22.8 Å². The molecule has 0 spiro atoms. The van der Waals surface area contributed by atoms with Gasteiger partial charge in [0.25, 0.3) is 5.69 Å². The van der Waals surface area contributed by atoms with Gasteiger partial charge in [-0.2, -0.15) is 0 Å². The Balaban J connectivity index is 2.48. The number of hydrogen-bond acceptors (Lipinski definition) is 5. The molecular formula is C13H18ClN5O2. The van der Waals surface area contributed by atoms with Crippen molar-refractivity contribution >= 4 is 34.5 Å². The highest BCUT2D eigenvalue weighted by Gasteiger charge is 2.22. The van der Waals surface area contributed by atoms with E-state index in [4.69, 9.17) is 17.3 Å². The number of alkyl halides is 1. The highest BCUT2D eigenvalue weighted by Crippen LogP contribution is 2.35. The van der Waals surface area contributed by atoms with Crippen molar-refractivity contribution in [3.63, 3.8) is 0 Å². The van der Waals surface area contributed by atoms with E-state index in [9.17, 15) is 10.1 Å². The summed E-state index contributed by atoms with van der Waals surface area (Å²) in [7, 11) is 0. The maximum absolute atomic E-state index is 11.3. The van der Waals surface area contributed by atoms with E-state index in [1.165, 1.54) is 6.07 Å². The molecule has 1 aromatic carbocycles. The quantitative estimate of drug-likeness (QED) is 0.289. The number of anilines is 1. The van der Waals surface area contributed by atoms with Crippen molar-refractivity contribution in [1.82, 2.24) is 5.32 Å². The summed E-state index contributed by atoms with van der Waals surface area (Å²) in [6.07, 6.45) is 0. The summed E-state index contributed by atoms with van der Waals surface area (Å²) in [6, 6.07) is 3.26. The molecule has 0 bridgehead atoms. The number of amidine groups is 1. The highest BCUT2D eigenvalue weighted by molar-refractivity contribution is 6.28. The fourth-order valence-corrected chi connectivity index (χ4v) is 2.34. The van der Waals surface area contributed by atoms with Crippen LogP contribution in [0.3, 0.4) is 0 Å². The summed E-state index contributed by atoms with van der Waals surface area (Å²) in [4.78, 5) is 17.2. The van der Waals surface area contributed by atoms with Crippen molar-refractivity contribution in [3.05, 3.63) is 27.8 Å². The molecule has 8 heteroatoms. The second kappa shape index (κ2) is 6.73. The Kier molecular flexibility index (Phi) is 4.98. The molecule has 0 aliphatic carbocycles. The summed E-state index contributed by atoms with van der Waals surface area (Å²) in [5.41, 5.74) is 7.65. The maximum Gasteiger partial charge on any atom is 0.292 e. The first kappa shape index (κ1) is 15.5. The standard InChI is InChI=1S/C13H18ClN5O2/c1-9-6-12(19(20)21)11(18-4-2-16-3-5-18)7-10(9)17-13(15)8-14/h6-7,16H,2-5,8H2,1H3,(H2,15,17). The summed E-state index contributed by atoms with van der Waals surface area (Å²) >= 11 is 5.64. The number of nitrogens with two attached hydrogens (primary N) is 1. The molecule has 1 fully saturated rings. The number of halogens is 1. The third kappa shape index (κ3) is 3.62. The highest BCUT2D eigenvalue weighted by atomic mass is 35.5. The summed E-state index contributed by atoms with van der Waals surface area (Å²) in [6.45, 7) is 4.81. The molecular weight excluding hydrogens is 294 g/mol. The first-order valence-corrected chi connectivity index (χ1v) is 7.20. The number of nitro groups is 1. The van der Waals surface area contributed by atoms with E-state index in [2.05, 4.69) is 10.3 Å². The van der Waals surface area contributed by atoms with Crippen molar-refractivity contribution in [3.8, 4) is 0 Å². The van der Waals surface area contributed by atoms with E-state index in [-0.39, 0.29) is 16.5 Å². The fraction of sp³-hybridized carbons (Fsp3) is 0.462. The number of nitrogens with one attached hydrogen (secondary N) is 1. The minimum absolute atomic E-state index is 0.0952. The van der Waals surface area contributed by atoms with Crippen molar-refractivity contribution in [2.75, 3.05) is 37.0 Å². The number of nitrogens with zero attached hydrogens (tertiary/aromatic N) is 3. The molecule has 7 nitrogen and oxygen atoms in total. The third-order valence-corrected chi connectivity index (χ3v) is 3.62. The average Bonchev–Trinajstić information content (AvgIpc) is 2.49. The van der Waals surface area contributed by atoms with E-state index in [0.717, 1.165) is 26.2 Å². The van der Waals surface area contributed by atoms with Gasteiger partial charge < -0.3 is 16.0 Å². The largest absolute Gasteiger partial charge is 0.386 e. The number of aliphatic imine (C=N–C) groups is 1. The first-order valence-electron chi connectivity index (χ1n) is 6.66. The van der Waals surface area contributed by atoms with Gasteiger partial charge in [-0.05, 0) is 18.6 Å². The molecule has 0 atom stereocenters. The van der Waals surface area contributed by atoms with Crippen LogP contribution in [0.15, 0.2) is 17.1 Å². The van der Waals surface area contributed by atoms with E-state index in [1.54, 1.807) is 13.0 Å². The second-order valence-corrected chi connectivity index (χ2v) is 5.13. The lowest BCUT2D eigenvalue weighted by molar-refractivity contribution is -0.384. The van der Waals surface area contributed by atoms with Gasteiger partial charge in [-0.1, -0.05) is 0 Å². The zero-order valence-electron chi connectivity index (χ0n) is 11.8. The molecule has 0 aromatic heterocycles. The van der Waals surface area contributed by atoms with Crippen LogP contribution in [-0.2, 0) is 0 Å². The molecule has 0 saturated carbocycles. The summed E-state index contributed by atoms with van der Waals surface area (Å²) in [5.74, 6) is 0.416. The third-order valence-electron chi connectivity index (χ3n) is 3.35. The Morgan fingerprint density at radius 3 is 2.76 bits per heavy atom.